The lowest BCUT2D eigenvalue weighted by Crippen LogP contribution is -2.13. The Hall–Kier alpha value is -2.11. The molecule has 1 heterocycles. The summed E-state index contributed by atoms with van der Waals surface area (Å²) in [7, 11) is 0. The quantitative estimate of drug-likeness (QED) is 0.595. The van der Waals surface area contributed by atoms with Gasteiger partial charge in [-0.25, -0.2) is 10.8 Å². The molecule has 0 fully saturated rings. The highest BCUT2D eigenvalue weighted by Crippen LogP contribution is 2.20. The molecule has 0 spiro atoms. The number of nitrogen functional groups attached to an aromatic ring is 1. The molecule has 0 unspecified atom stereocenters. The van der Waals surface area contributed by atoms with Gasteiger partial charge in [0.05, 0.1) is 5.56 Å². The molecule has 1 amide bonds. The van der Waals surface area contributed by atoms with Crippen molar-refractivity contribution in [2.75, 3.05) is 10.7 Å². The van der Waals surface area contributed by atoms with Crippen molar-refractivity contribution in [2.24, 2.45) is 5.84 Å². The monoisotopic (exact) mass is 276 g/mol. The van der Waals surface area contributed by atoms with Gasteiger partial charge in [0.25, 0.3) is 5.91 Å². The first-order valence-corrected chi connectivity index (χ1v) is 5.98. The van der Waals surface area contributed by atoms with Crippen LogP contribution < -0.4 is 16.6 Å². The van der Waals surface area contributed by atoms with Crippen LogP contribution in [0.1, 0.15) is 15.9 Å². The van der Waals surface area contributed by atoms with Gasteiger partial charge in [0.2, 0.25) is 0 Å². The number of nitrogens with zero attached hydrogens (tertiary/aromatic N) is 1. The van der Waals surface area contributed by atoms with E-state index >= 15 is 0 Å². The van der Waals surface area contributed by atoms with E-state index in [9.17, 15) is 4.79 Å². The van der Waals surface area contributed by atoms with Crippen LogP contribution in [-0.4, -0.2) is 10.9 Å². The molecular formula is C13H13ClN4O. The minimum atomic E-state index is -0.254. The van der Waals surface area contributed by atoms with Crippen LogP contribution in [0.4, 0.5) is 11.5 Å². The van der Waals surface area contributed by atoms with Crippen LogP contribution in [0.5, 0.6) is 0 Å². The van der Waals surface area contributed by atoms with Gasteiger partial charge in [-0.2, -0.15) is 0 Å². The summed E-state index contributed by atoms with van der Waals surface area (Å²) in [6, 6.07) is 8.60. The van der Waals surface area contributed by atoms with Crippen molar-refractivity contribution in [1.82, 2.24) is 4.98 Å². The Morgan fingerprint density at radius 2 is 2.11 bits per heavy atom. The Bertz CT molecular complexity index is 598. The average Bonchev–Trinajstić information content (AvgIpc) is 2.43. The summed E-state index contributed by atoms with van der Waals surface area (Å²) in [5, 5.41) is 3.36. The topological polar surface area (TPSA) is 80.0 Å². The van der Waals surface area contributed by atoms with Crippen LogP contribution in [0.15, 0.2) is 36.5 Å². The molecule has 98 valence electrons. The van der Waals surface area contributed by atoms with E-state index in [2.05, 4.69) is 15.7 Å². The third kappa shape index (κ3) is 3.21. The first-order valence-electron chi connectivity index (χ1n) is 5.60. The summed E-state index contributed by atoms with van der Waals surface area (Å²) in [6.45, 7) is 1.90. The smallest absolute Gasteiger partial charge is 0.257 e. The van der Waals surface area contributed by atoms with E-state index in [0.29, 0.717) is 22.1 Å². The molecule has 0 saturated heterocycles. The highest BCUT2D eigenvalue weighted by Gasteiger charge is 2.07. The van der Waals surface area contributed by atoms with Gasteiger partial charge in [-0.1, -0.05) is 17.7 Å². The van der Waals surface area contributed by atoms with Gasteiger partial charge in [-0.05, 0) is 36.8 Å². The molecule has 1 aromatic heterocycles. The van der Waals surface area contributed by atoms with Crippen molar-refractivity contribution in [3.8, 4) is 0 Å². The highest BCUT2D eigenvalue weighted by atomic mass is 35.5. The summed E-state index contributed by atoms with van der Waals surface area (Å²) in [4.78, 5) is 15.9. The van der Waals surface area contributed by atoms with Crippen molar-refractivity contribution >= 4 is 29.0 Å². The number of rotatable bonds is 3. The molecule has 0 atom stereocenters. The summed E-state index contributed by atoms with van der Waals surface area (Å²) < 4.78 is 0. The number of aromatic nitrogens is 1. The Labute approximate surface area is 115 Å². The maximum absolute atomic E-state index is 12.0. The number of nitrogens with one attached hydrogen (secondary N) is 2. The van der Waals surface area contributed by atoms with E-state index < -0.39 is 0 Å². The lowest BCUT2D eigenvalue weighted by molar-refractivity contribution is 0.102. The number of pyridine rings is 1. The Morgan fingerprint density at radius 3 is 2.68 bits per heavy atom. The second-order valence-electron chi connectivity index (χ2n) is 3.99. The van der Waals surface area contributed by atoms with Gasteiger partial charge in [0, 0.05) is 16.9 Å². The van der Waals surface area contributed by atoms with E-state index in [0.717, 1.165) is 5.56 Å². The molecule has 0 aliphatic heterocycles. The number of amides is 1. The second-order valence-corrected chi connectivity index (χ2v) is 4.40. The molecule has 1 aromatic carbocycles. The van der Waals surface area contributed by atoms with Crippen molar-refractivity contribution in [2.45, 2.75) is 6.92 Å². The van der Waals surface area contributed by atoms with Crippen LogP contribution in [0.25, 0.3) is 0 Å². The normalized spacial score (nSPS) is 10.1. The van der Waals surface area contributed by atoms with Crippen molar-refractivity contribution in [3.63, 3.8) is 0 Å². The summed E-state index contributed by atoms with van der Waals surface area (Å²) in [5.41, 5.74) is 4.44. The number of halogens is 1. The van der Waals surface area contributed by atoms with Crippen LogP contribution in [0.2, 0.25) is 5.02 Å². The maximum atomic E-state index is 12.0. The van der Waals surface area contributed by atoms with Crippen LogP contribution >= 0.6 is 11.6 Å². The number of hydrogen-bond acceptors (Lipinski definition) is 4. The predicted octanol–water partition coefficient (Wildman–Crippen LogP) is 2.58. The molecule has 2 rings (SSSR count). The number of hydrogen-bond donors (Lipinski definition) is 3. The molecular weight excluding hydrogens is 264 g/mol. The SMILES string of the molecule is Cc1ccc(NC(=O)c2ccc(NN)nc2)cc1Cl. The first kappa shape index (κ1) is 13.3. The van der Waals surface area contributed by atoms with Crippen molar-refractivity contribution in [1.29, 1.82) is 0 Å². The van der Waals surface area contributed by atoms with E-state index in [1.807, 2.05) is 13.0 Å². The van der Waals surface area contributed by atoms with E-state index in [4.69, 9.17) is 17.4 Å². The van der Waals surface area contributed by atoms with Crippen LogP contribution in [-0.2, 0) is 0 Å². The summed E-state index contributed by atoms with van der Waals surface area (Å²) >= 11 is 6.00. The highest BCUT2D eigenvalue weighted by molar-refractivity contribution is 6.31. The van der Waals surface area contributed by atoms with Crippen molar-refractivity contribution in [3.05, 3.63) is 52.7 Å². The fourth-order valence-electron chi connectivity index (χ4n) is 1.49. The fraction of sp³-hybridized carbons (Fsp3) is 0.0769. The van der Waals surface area contributed by atoms with E-state index in [1.54, 1.807) is 24.3 Å². The minimum Gasteiger partial charge on any atom is -0.322 e. The number of carbonyl (C=O) groups excluding carboxylic acids is 1. The zero-order valence-electron chi connectivity index (χ0n) is 10.3. The number of hydrazine groups is 1. The van der Waals surface area contributed by atoms with Gasteiger partial charge < -0.3 is 10.7 Å². The van der Waals surface area contributed by atoms with Gasteiger partial charge in [-0.3, -0.25) is 4.79 Å². The zero-order chi connectivity index (χ0) is 13.8. The third-order valence-corrected chi connectivity index (χ3v) is 3.01. The number of benzene rings is 1. The molecule has 0 bridgehead atoms. The largest absolute Gasteiger partial charge is 0.322 e. The molecule has 0 aliphatic carbocycles. The average molecular weight is 277 g/mol. The molecule has 2 aromatic rings. The predicted molar refractivity (Wildman–Crippen MR) is 76.2 cm³/mol. The molecule has 6 heteroatoms. The Balaban J connectivity index is 2.13. The van der Waals surface area contributed by atoms with Gasteiger partial charge in [-0.15, -0.1) is 0 Å². The van der Waals surface area contributed by atoms with Crippen LogP contribution in [0, 0.1) is 6.92 Å². The number of anilines is 2. The van der Waals surface area contributed by atoms with Crippen LogP contribution in [0.3, 0.4) is 0 Å². The first-order chi connectivity index (χ1) is 9.10. The van der Waals surface area contributed by atoms with Gasteiger partial charge in [0.1, 0.15) is 5.82 Å². The summed E-state index contributed by atoms with van der Waals surface area (Å²) in [6.07, 6.45) is 1.44. The van der Waals surface area contributed by atoms with Gasteiger partial charge >= 0.3 is 0 Å². The Morgan fingerprint density at radius 1 is 1.32 bits per heavy atom. The lowest BCUT2D eigenvalue weighted by atomic mass is 10.2. The zero-order valence-corrected chi connectivity index (χ0v) is 11.0. The molecule has 0 radical (unpaired) electrons. The minimum absolute atomic E-state index is 0.254. The molecule has 4 N–H and O–H groups in total. The third-order valence-electron chi connectivity index (χ3n) is 2.60. The molecule has 0 saturated carbocycles. The number of nitrogens with two attached hydrogens (primary N) is 1. The number of aryl methyl sites for hydroxylation is 1. The van der Waals surface area contributed by atoms with E-state index in [1.165, 1.54) is 6.20 Å². The maximum Gasteiger partial charge on any atom is 0.257 e. The second kappa shape index (κ2) is 5.69. The standard InChI is InChI=1S/C13H13ClN4O/c1-8-2-4-10(6-11(8)14)17-13(19)9-3-5-12(18-15)16-7-9/h2-7H,15H2,1H3,(H,16,18)(H,17,19). The van der Waals surface area contributed by atoms with Gasteiger partial charge in [0.15, 0.2) is 0 Å². The molecule has 5 nitrogen and oxygen atoms in total. The Kier molecular flexibility index (Phi) is 3.99. The lowest BCUT2D eigenvalue weighted by Gasteiger charge is -2.07. The van der Waals surface area contributed by atoms with Crippen molar-refractivity contribution < 1.29 is 4.79 Å². The summed E-state index contributed by atoms with van der Waals surface area (Å²) in [5.74, 6) is 5.44. The molecule has 19 heavy (non-hydrogen) atoms. The molecule has 0 aliphatic rings. The number of carbonyl (C=O) groups is 1. The van der Waals surface area contributed by atoms with E-state index in [-0.39, 0.29) is 5.91 Å². The fourth-order valence-corrected chi connectivity index (χ4v) is 1.67.